The van der Waals surface area contributed by atoms with Crippen molar-refractivity contribution >= 4 is 28.8 Å². The minimum absolute atomic E-state index is 0.0568. The second-order valence-corrected chi connectivity index (χ2v) is 12.7. The van der Waals surface area contributed by atoms with Crippen molar-refractivity contribution in [3.05, 3.63) is 53.4 Å². The molecule has 0 radical (unpaired) electrons. The molecule has 0 bridgehead atoms. The summed E-state index contributed by atoms with van der Waals surface area (Å²) in [6, 6.07) is 9.73. The minimum atomic E-state index is -0.749. The van der Waals surface area contributed by atoms with Crippen LogP contribution in [0.3, 0.4) is 0 Å². The number of benzene rings is 1. The predicted molar refractivity (Wildman–Crippen MR) is 164 cm³/mol. The van der Waals surface area contributed by atoms with Gasteiger partial charge in [-0.25, -0.2) is 4.98 Å². The molecule has 1 aliphatic rings. The lowest BCUT2D eigenvalue weighted by Gasteiger charge is -2.28. The van der Waals surface area contributed by atoms with Gasteiger partial charge in [-0.05, 0) is 69.7 Å². The highest BCUT2D eigenvalue weighted by Gasteiger charge is 2.33. The van der Waals surface area contributed by atoms with Gasteiger partial charge < -0.3 is 24.0 Å². The first-order valence-corrected chi connectivity index (χ1v) is 14.9. The van der Waals surface area contributed by atoms with E-state index in [1.54, 1.807) is 11.0 Å². The highest BCUT2D eigenvalue weighted by molar-refractivity contribution is 6.02. The van der Waals surface area contributed by atoms with Crippen molar-refractivity contribution in [1.29, 1.82) is 5.26 Å². The number of fused-ring (bicyclic) bond motifs is 1. The first-order valence-electron chi connectivity index (χ1n) is 14.9. The van der Waals surface area contributed by atoms with Gasteiger partial charge in [0.1, 0.15) is 11.6 Å². The van der Waals surface area contributed by atoms with Crippen molar-refractivity contribution < 1.29 is 18.8 Å². The van der Waals surface area contributed by atoms with Gasteiger partial charge in [0.2, 0.25) is 11.7 Å². The lowest BCUT2D eigenvalue weighted by molar-refractivity contribution is -0.127. The average molecular weight is 590 g/mol. The molecule has 2 amide bonds. The molecule has 0 saturated carbocycles. The van der Waals surface area contributed by atoms with Crippen LogP contribution in [0.25, 0.3) is 11.0 Å². The second kappa shape index (κ2) is 13.1. The van der Waals surface area contributed by atoms with Crippen LogP contribution in [0, 0.1) is 16.7 Å². The maximum absolute atomic E-state index is 13.6. The van der Waals surface area contributed by atoms with Crippen molar-refractivity contribution in [2.75, 3.05) is 18.5 Å². The van der Waals surface area contributed by atoms with Crippen LogP contribution in [0.4, 0.5) is 5.95 Å². The van der Waals surface area contributed by atoms with Crippen molar-refractivity contribution in [3.63, 3.8) is 0 Å². The number of likely N-dealkylation sites (tertiary alicyclic amines) is 1. The molecular formula is C32H43N7O4. The summed E-state index contributed by atoms with van der Waals surface area (Å²) in [6.07, 6.45) is 4.56. The molecule has 11 heteroatoms. The topological polar surface area (TPSA) is 138 Å². The lowest BCUT2D eigenvalue weighted by atomic mass is 9.88. The van der Waals surface area contributed by atoms with E-state index >= 15 is 0 Å². The third-order valence-electron chi connectivity index (χ3n) is 8.00. The SMILES string of the molecule is CCOC(C)(C)C=C(C#N)C(=O)N1CCCC1Cn1c(NC(=O)c2ccno2)nc2cc(CNC(C)C(C)(C)C)ccc21. The number of aromatic nitrogens is 3. The molecule has 0 spiro atoms. The number of nitriles is 1. The summed E-state index contributed by atoms with van der Waals surface area (Å²) in [4.78, 5) is 33.1. The second-order valence-electron chi connectivity index (χ2n) is 12.7. The summed E-state index contributed by atoms with van der Waals surface area (Å²) in [5.74, 6) is -0.381. The first kappa shape index (κ1) is 31.9. The van der Waals surface area contributed by atoms with E-state index in [2.05, 4.69) is 55.6 Å². The van der Waals surface area contributed by atoms with Crippen LogP contribution in [0.5, 0.6) is 0 Å². The summed E-state index contributed by atoms with van der Waals surface area (Å²) in [5.41, 5.74) is 2.05. The smallest absolute Gasteiger partial charge is 0.296 e. The lowest BCUT2D eigenvalue weighted by Crippen LogP contribution is -2.39. The number of nitrogens with one attached hydrogen (secondary N) is 2. The van der Waals surface area contributed by atoms with Gasteiger partial charge in [-0.1, -0.05) is 32.0 Å². The van der Waals surface area contributed by atoms with Gasteiger partial charge in [0.05, 0.1) is 28.9 Å². The molecule has 2 unspecified atom stereocenters. The van der Waals surface area contributed by atoms with E-state index in [-0.39, 0.29) is 28.7 Å². The van der Waals surface area contributed by atoms with Crippen LogP contribution in [-0.2, 0) is 22.6 Å². The van der Waals surface area contributed by atoms with E-state index in [0.29, 0.717) is 38.2 Å². The number of hydrogen-bond acceptors (Lipinski definition) is 8. The average Bonchev–Trinajstić information content (AvgIpc) is 3.71. The molecule has 2 N–H and O–H groups in total. The van der Waals surface area contributed by atoms with E-state index < -0.39 is 11.5 Å². The van der Waals surface area contributed by atoms with Crippen LogP contribution >= 0.6 is 0 Å². The van der Waals surface area contributed by atoms with Gasteiger partial charge in [0.15, 0.2) is 0 Å². The normalized spacial score (nSPS) is 16.8. The molecule has 2 atom stereocenters. The molecule has 1 aliphatic heterocycles. The number of hydrogen-bond donors (Lipinski definition) is 2. The number of rotatable bonds is 11. The molecule has 230 valence electrons. The van der Waals surface area contributed by atoms with E-state index in [0.717, 1.165) is 29.4 Å². The molecule has 3 aromatic rings. The fraction of sp³-hybridized carbons (Fsp3) is 0.531. The zero-order valence-electron chi connectivity index (χ0n) is 26.2. The molecule has 1 aromatic carbocycles. The number of carbonyl (C=O) groups excluding carboxylic acids is 2. The Labute approximate surface area is 253 Å². The van der Waals surface area contributed by atoms with E-state index in [9.17, 15) is 14.9 Å². The highest BCUT2D eigenvalue weighted by atomic mass is 16.5. The Kier molecular flexibility index (Phi) is 9.72. The van der Waals surface area contributed by atoms with E-state index in [1.165, 1.54) is 12.3 Å². The summed E-state index contributed by atoms with van der Waals surface area (Å²) in [5, 5.41) is 19.9. The number of amides is 2. The van der Waals surface area contributed by atoms with Crippen LogP contribution in [0.1, 0.15) is 77.4 Å². The number of imidazole rings is 1. The molecule has 3 heterocycles. The fourth-order valence-corrected chi connectivity index (χ4v) is 5.20. The summed E-state index contributed by atoms with van der Waals surface area (Å²) in [7, 11) is 0. The first-order chi connectivity index (χ1) is 20.3. The third-order valence-corrected chi connectivity index (χ3v) is 8.00. The van der Waals surface area contributed by atoms with Crippen molar-refractivity contribution in [2.45, 2.75) is 92.1 Å². The zero-order valence-corrected chi connectivity index (χ0v) is 26.2. The van der Waals surface area contributed by atoms with Crippen LogP contribution in [0.15, 0.2) is 46.6 Å². The quantitative estimate of drug-likeness (QED) is 0.234. The predicted octanol–water partition coefficient (Wildman–Crippen LogP) is 5.06. The molecule has 1 fully saturated rings. The van der Waals surface area contributed by atoms with Crippen LogP contribution in [0.2, 0.25) is 0 Å². The highest BCUT2D eigenvalue weighted by Crippen LogP contribution is 2.28. The number of carbonyl (C=O) groups is 2. The maximum Gasteiger partial charge on any atom is 0.296 e. The maximum atomic E-state index is 13.6. The Balaban J connectivity index is 1.64. The Morgan fingerprint density at radius 2 is 2.02 bits per heavy atom. The van der Waals surface area contributed by atoms with Gasteiger partial charge in [-0.3, -0.25) is 14.9 Å². The Morgan fingerprint density at radius 1 is 1.26 bits per heavy atom. The third kappa shape index (κ3) is 7.69. The summed E-state index contributed by atoms with van der Waals surface area (Å²) >= 11 is 0. The molecule has 11 nitrogen and oxygen atoms in total. The number of anilines is 1. The fourth-order valence-electron chi connectivity index (χ4n) is 5.20. The van der Waals surface area contributed by atoms with Gasteiger partial charge in [0.25, 0.3) is 11.8 Å². The summed E-state index contributed by atoms with van der Waals surface area (Å²) < 4.78 is 12.7. The van der Waals surface area contributed by atoms with Crippen LogP contribution in [-0.4, -0.2) is 62.3 Å². The Hall–Kier alpha value is -4.01. The van der Waals surface area contributed by atoms with Gasteiger partial charge in [-0.2, -0.15) is 5.26 Å². The van der Waals surface area contributed by atoms with Crippen molar-refractivity contribution in [3.8, 4) is 6.07 Å². The number of ether oxygens (including phenoxy) is 1. The van der Waals surface area contributed by atoms with Gasteiger partial charge >= 0.3 is 0 Å². The standard InChI is InChI=1S/C32H43N7O4/c1-8-42-32(6,7)17-23(18-33)29(41)38-15-9-10-24(38)20-39-26-12-11-22(19-34-21(2)31(3,4)5)16-25(26)36-30(39)37-28(40)27-13-14-35-43-27/h11-14,16-17,21,24,34H,8-10,15,19-20H2,1-7H3,(H,36,37,40). The van der Waals surface area contributed by atoms with E-state index in [4.69, 9.17) is 14.2 Å². The van der Waals surface area contributed by atoms with Gasteiger partial charge in [0, 0.05) is 38.3 Å². The monoisotopic (exact) mass is 589 g/mol. The Bertz CT molecular complexity index is 1510. The molecular weight excluding hydrogens is 546 g/mol. The van der Waals surface area contributed by atoms with Crippen LogP contribution < -0.4 is 10.6 Å². The molecule has 0 aliphatic carbocycles. The van der Waals surface area contributed by atoms with Crippen molar-refractivity contribution in [2.24, 2.45) is 5.41 Å². The molecule has 1 saturated heterocycles. The largest absolute Gasteiger partial charge is 0.372 e. The van der Waals surface area contributed by atoms with Crippen molar-refractivity contribution in [1.82, 2.24) is 24.9 Å². The zero-order chi connectivity index (χ0) is 31.4. The summed E-state index contributed by atoms with van der Waals surface area (Å²) in [6.45, 7) is 16.4. The molecule has 43 heavy (non-hydrogen) atoms. The molecule has 2 aromatic heterocycles. The Morgan fingerprint density at radius 3 is 2.67 bits per heavy atom. The van der Waals surface area contributed by atoms with Gasteiger partial charge in [-0.15, -0.1) is 0 Å². The molecule has 4 rings (SSSR count). The minimum Gasteiger partial charge on any atom is -0.372 e. The number of nitrogens with zero attached hydrogens (tertiary/aromatic N) is 5. The van der Waals surface area contributed by atoms with E-state index in [1.807, 2.05) is 37.5 Å².